The average Bonchev–Trinajstić information content (AvgIpc) is 3.34. The molecular formula is C22H28N8O2. The number of ether oxygens (including phenoxy) is 1. The molecule has 1 saturated heterocycles. The van der Waals surface area contributed by atoms with Crippen LogP contribution in [0, 0.1) is 6.92 Å². The molecule has 0 aliphatic carbocycles. The second-order valence-electron chi connectivity index (χ2n) is 8.96. The Bertz CT molecular complexity index is 1190. The number of carbonyl (C=O) groups excluding carboxylic acids is 1. The number of aromatic nitrogens is 4. The van der Waals surface area contributed by atoms with Crippen LogP contribution in [0.25, 0.3) is 5.52 Å². The van der Waals surface area contributed by atoms with E-state index in [-0.39, 0.29) is 11.6 Å². The molecule has 1 fully saturated rings. The maximum absolute atomic E-state index is 13.2. The van der Waals surface area contributed by atoms with E-state index in [2.05, 4.69) is 50.6 Å². The van der Waals surface area contributed by atoms with Gasteiger partial charge in [0.2, 0.25) is 0 Å². The van der Waals surface area contributed by atoms with Gasteiger partial charge in [-0.25, -0.2) is 9.78 Å². The summed E-state index contributed by atoms with van der Waals surface area (Å²) in [5, 5.41) is 15.1. The van der Waals surface area contributed by atoms with Crippen LogP contribution in [-0.4, -0.2) is 64.7 Å². The van der Waals surface area contributed by atoms with Gasteiger partial charge in [0.1, 0.15) is 11.5 Å². The molecule has 32 heavy (non-hydrogen) atoms. The summed E-state index contributed by atoms with van der Waals surface area (Å²) in [6.45, 7) is 9.65. The van der Waals surface area contributed by atoms with E-state index in [4.69, 9.17) is 4.74 Å². The van der Waals surface area contributed by atoms with Crippen LogP contribution in [0.4, 0.5) is 22.0 Å². The van der Waals surface area contributed by atoms with E-state index in [1.165, 1.54) is 11.7 Å². The van der Waals surface area contributed by atoms with E-state index in [1.54, 1.807) is 11.1 Å². The van der Waals surface area contributed by atoms with E-state index in [1.807, 2.05) is 19.1 Å². The number of anilines is 3. The first-order valence-corrected chi connectivity index (χ1v) is 10.8. The van der Waals surface area contributed by atoms with Gasteiger partial charge in [0.15, 0.2) is 0 Å². The van der Waals surface area contributed by atoms with Gasteiger partial charge in [0.25, 0.3) is 5.88 Å². The minimum atomic E-state index is -0.255. The zero-order valence-electron chi connectivity index (χ0n) is 18.8. The molecule has 168 valence electrons. The number of hydrogen-bond acceptors (Lipinski definition) is 7. The number of carbonyl (C=O) groups is 1. The minimum absolute atomic E-state index is 0.0400. The van der Waals surface area contributed by atoms with Crippen LogP contribution in [0.3, 0.4) is 0 Å². The number of nitrogens with one attached hydrogen (secondary N) is 2. The molecule has 0 spiro atoms. The summed E-state index contributed by atoms with van der Waals surface area (Å²) in [6, 6.07) is 5.52. The SMILES string of the molecule is COc1nn2nc(C)cc2cc1NC(=O)N1CCc2c(N3CCNC(C)(C)C3)ccnc21. The largest absolute Gasteiger partial charge is 0.478 e. The quantitative estimate of drug-likeness (QED) is 0.649. The highest BCUT2D eigenvalue weighted by molar-refractivity contribution is 6.03. The van der Waals surface area contributed by atoms with Crippen molar-refractivity contribution >= 4 is 28.7 Å². The topological polar surface area (TPSA) is 99.9 Å². The summed E-state index contributed by atoms with van der Waals surface area (Å²) in [4.78, 5) is 21.9. The van der Waals surface area contributed by atoms with Crippen LogP contribution in [0.15, 0.2) is 24.4 Å². The fourth-order valence-electron chi connectivity index (χ4n) is 4.57. The molecule has 0 bridgehead atoms. The van der Waals surface area contributed by atoms with Crippen molar-refractivity contribution in [3.63, 3.8) is 0 Å². The Morgan fingerprint density at radius 1 is 1.25 bits per heavy atom. The van der Waals surface area contributed by atoms with Crippen LogP contribution in [0.2, 0.25) is 0 Å². The Kier molecular flexibility index (Phi) is 4.89. The van der Waals surface area contributed by atoms with Gasteiger partial charge in [-0.3, -0.25) is 4.90 Å². The molecule has 2 aliphatic rings. The maximum atomic E-state index is 13.2. The number of rotatable bonds is 3. The van der Waals surface area contributed by atoms with Crippen LogP contribution in [0.1, 0.15) is 25.1 Å². The first-order valence-electron chi connectivity index (χ1n) is 10.8. The number of amides is 2. The highest BCUT2D eigenvalue weighted by Crippen LogP contribution is 2.35. The van der Waals surface area contributed by atoms with E-state index >= 15 is 0 Å². The second-order valence-corrected chi connectivity index (χ2v) is 8.96. The lowest BCUT2D eigenvalue weighted by molar-refractivity contribution is 0.257. The molecule has 0 atom stereocenters. The van der Waals surface area contributed by atoms with Crippen molar-refractivity contribution in [2.75, 3.05) is 48.4 Å². The normalized spacial score (nSPS) is 17.5. The van der Waals surface area contributed by atoms with Crippen molar-refractivity contribution in [3.8, 4) is 5.88 Å². The number of pyridine rings is 1. The molecule has 0 saturated carbocycles. The number of methoxy groups -OCH3 is 1. The Labute approximate surface area is 186 Å². The second kappa shape index (κ2) is 7.63. The standard InChI is InChI=1S/C22H28N8O2/c1-14-11-15-12-17(20(32-4)27-30(15)26-14)25-21(31)29-9-6-16-18(5-7-23-19(16)29)28-10-8-24-22(2,3)13-28/h5,7,11-12,24H,6,8-10,13H2,1-4H3,(H,25,31). The average molecular weight is 437 g/mol. The Balaban J connectivity index is 1.41. The number of urea groups is 1. The Morgan fingerprint density at radius 2 is 2.09 bits per heavy atom. The van der Waals surface area contributed by atoms with Crippen LogP contribution >= 0.6 is 0 Å². The van der Waals surface area contributed by atoms with Crippen LogP contribution < -0.4 is 25.2 Å². The molecule has 5 heterocycles. The molecule has 0 aromatic carbocycles. The van der Waals surface area contributed by atoms with Gasteiger partial charge < -0.3 is 20.3 Å². The summed E-state index contributed by atoms with van der Waals surface area (Å²) in [5.74, 6) is 1.02. The summed E-state index contributed by atoms with van der Waals surface area (Å²) < 4.78 is 6.88. The number of piperazine rings is 1. The third kappa shape index (κ3) is 3.60. The van der Waals surface area contributed by atoms with E-state index in [0.29, 0.717) is 23.9 Å². The molecule has 5 rings (SSSR count). The van der Waals surface area contributed by atoms with E-state index < -0.39 is 0 Å². The zero-order valence-corrected chi connectivity index (χ0v) is 18.8. The molecule has 2 amide bonds. The molecule has 0 radical (unpaired) electrons. The van der Waals surface area contributed by atoms with Gasteiger partial charge in [-0.05, 0) is 45.4 Å². The Morgan fingerprint density at radius 3 is 2.88 bits per heavy atom. The summed E-state index contributed by atoms with van der Waals surface area (Å²) in [7, 11) is 1.52. The maximum Gasteiger partial charge on any atom is 0.327 e. The number of nitrogens with zero attached hydrogens (tertiary/aromatic N) is 6. The van der Waals surface area contributed by atoms with Crippen molar-refractivity contribution in [1.82, 2.24) is 25.1 Å². The predicted molar refractivity (Wildman–Crippen MR) is 123 cm³/mol. The third-order valence-corrected chi connectivity index (χ3v) is 5.99. The van der Waals surface area contributed by atoms with Gasteiger partial charge in [-0.1, -0.05) is 0 Å². The number of aryl methyl sites for hydroxylation is 1. The number of hydrogen-bond donors (Lipinski definition) is 2. The number of fused-ring (bicyclic) bond motifs is 2. The van der Waals surface area contributed by atoms with E-state index in [0.717, 1.165) is 48.5 Å². The lowest BCUT2D eigenvalue weighted by atomic mass is 10.0. The first kappa shape index (κ1) is 20.5. The molecule has 10 nitrogen and oxygen atoms in total. The molecule has 10 heteroatoms. The molecule has 3 aromatic rings. The third-order valence-electron chi connectivity index (χ3n) is 5.99. The fraction of sp³-hybridized carbons (Fsp3) is 0.455. The Hall–Kier alpha value is -3.40. The van der Waals surface area contributed by atoms with Crippen molar-refractivity contribution in [2.45, 2.75) is 32.7 Å². The molecular weight excluding hydrogens is 408 g/mol. The van der Waals surface area contributed by atoms with Gasteiger partial charge in [0, 0.05) is 49.2 Å². The molecule has 3 aromatic heterocycles. The van der Waals surface area contributed by atoms with Gasteiger partial charge in [-0.2, -0.15) is 5.10 Å². The van der Waals surface area contributed by atoms with Crippen molar-refractivity contribution < 1.29 is 9.53 Å². The van der Waals surface area contributed by atoms with Crippen molar-refractivity contribution in [2.24, 2.45) is 0 Å². The molecule has 2 aliphatic heterocycles. The van der Waals surface area contributed by atoms with Crippen molar-refractivity contribution in [3.05, 3.63) is 35.7 Å². The predicted octanol–water partition coefficient (Wildman–Crippen LogP) is 2.22. The first-order chi connectivity index (χ1) is 15.3. The highest BCUT2D eigenvalue weighted by Gasteiger charge is 2.33. The fourth-order valence-corrected chi connectivity index (χ4v) is 4.57. The van der Waals surface area contributed by atoms with E-state index in [9.17, 15) is 4.79 Å². The summed E-state index contributed by atoms with van der Waals surface area (Å²) >= 11 is 0. The molecule has 2 N–H and O–H groups in total. The minimum Gasteiger partial charge on any atom is -0.478 e. The molecule has 0 unspecified atom stereocenters. The smallest absolute Gasteiger partial charge is 0.327 e. The van der Waals surface area contributed by atoms with Gasteiger partial charge in [0.05, 0.1) is 18.3 Å². The monoisotopic (exact) mass is 436 g/mol. The van der Waals surface area contributed by atoms with Crippen LogP contribution in [0.5, 0.6) is 5.88 Å². The lowest BCUT2D eigenvalue weighted by Crippen LogP contribution is -2.57. The van der Waals surface area contributed by atoms with Gasteiger partial charge in [-0.15, -0.1) is 9.73 Å². The zero-order chi connectivity index (χ0) is 22.5. The summed E-state index contributed by atoms with van der Waals surface area (Å²) in [6.07, 6.45) is 2.56. The van der Waals surface area contributed by atoms with Gasteiger partial charge >= 0.3 is 6.03 Å². The van der Waals surface area contributed by atoms with Crippen LogP contribution in [-0.2, 0) is 6.42 Å². The lowest BCUT2D eigenvalue weighted by Gasteiger charge is -2.41. The van der Waals surface area contributed by atoms with Crippen molar-refractivity contribution in [1.29, 1.82) is 0 Å². The summed E-state index contributed by atoms with van der Waals surface area (Å²) in [5.41, 5.74) is 4.44. The highest BCUT2D eigenvalue weighted by atomic mass is 16.5.